The molecule has 0 saturated carbocycles. The fourth-order valence-electron chi connectivity index (χ4n) is 2.04. The summed E-state index contributed by atoms with van der Waals surface area (Å²) < 4.78 is 11.4. The fraction of sp³-hybridized carbons (Fsp3) is 0.467. The van der Waals surface area contributed by atoms with E-state index >= 15 is 0 Å². The van der Waals surface area contributed by atoms with Crippen LogP contribution in [0.1, 0.15) is 32.3 Å². The van der Waals surface area contributed by atoms with E-state index < -0.39 is 0 Å². The van der Waals surface area contributed by atoms with Crippen LogP contribution in [0.25, 0.3) is 5.57 Å². The zero-order valence-electron chi connectivity index (χ0n) is 10.6. The minimum atomic E-state index is 0.135. The molecule has 1 saturated heterocycles. The molecule has 0 amide bonds. The minimum absolute atomic E-state index is 0.135. The predicted octanol–water partition coefficient (Wildman–Crippen LogP) is 3.63. The van der Waals surface area contributed by atoms with E-state index in [1.807, 2.05) is 24.5 Å². The predicted molar refractivity (Wildman–Crippen MR) is 69.6 cm³/mol. The van der Waals surface area contributed by atoms with Crippen LogP contribution in [0.4, 0.5) is 0 Å². The van der Waals surface area contributed by atoms with Gasteiger partial charge in [0.1, 0.15) is 6.10 Å². The van der Waals surface area contributed by atoms with Gasteiger partial charge in [-0.1, -0.05) is 30.3 Å². The van der Waals surface area contributed by atoms with E-state index in [2.05, 4.69) is 26.0 Å². The minimum Gasteiger partial charge on any atom is -0.495 e. The number of rotatable bonds is 4. The monoisotopic (exact) mass is 232 g/mol. The molecule has 0 bridgehead atoms. The van der Waals surface area contributed by atoms with E-state index in [0.717, 1.165) is 25.0 Å². The molecule has 2 rings (SSSR count). The highest BCUT2D eigenvalue weighted by Gasteiger charge is 2.22. The Kier molecular flexibility index (Phi) is 4.21. The lowest BCUT2D eigenvalue weighted by molar-refractivity contribution is 0.000577. The molecule has 1 aromatic rings. The summed E-state index contributed by atoms with van der Waals surface area (Å²) in [6.45, 7) is 5.02. The summed E-state index contributed by atoms with van der Waals surface area (Å²) in [6, 6.07) is 10.3. The highest BCUT2D eigenvalue weighted by molar-refractivity contribution is 5.62. The van der Waals surface area contributed by atoms with Crippen LogP contribution in [0.5, 0.6) is 0 Å². The van der Waals surface area contributed by atoms with E-state index in [9.17, 15) is 0 Å². The van der Waals surface area contributed by atoms with Crippen LogP contribution < -0.4 is 0 Å². The highest BCUT2D eigenvalue weighted by Crippen LogP contribution is 2.19. The Bertz CT molecular complexity index is 364. The normalized spacial score (nSPS) is 22.5. The molecule has 0 aliphatic carbocycles. The van der Waals surface area contributed by atoms with E-state index in [4.69, 9.17) is 9.47 Å². The third kappa shape index (κ3) is 3.34. The van der Waals surface area contributed by atoms with Gasteiger partial charge in [0, 0.05) is 6.61 Å². The SMILES string of the molecule is C/C(=C/OC(C)C1CCCO1)c1ccccc1. The zero-order chi connectivity index (χ0) is 12.1. The van der Waals surface area contributed by atoms with Crippen LogP contribution in [0.3, 0.4) is 0 Å². The van der Waals surface area contributed by atoms with Crippen LogP contribution >= 0.6 is 0 Å². The van der Waals surface area contributed by atoms with Crippen molar-refractivity contribution in [3.63, 3.8) is 0 Å². The maximum Gasteiger partial charge on any atom is 0.121 e. The number of hydrogen-bond acceptors (Lipinski definition) is 2. The molecule has 1 aliphatic heterocycles. The lowest BCUT2D eigenvalue weighted by Gasteiger charge is -2.18. The number of hydrogen-bond donors (Lipinski definition) is 0. The molecule has 2 unspecified atom stereocenters. The largest absolute Gasteiger partial charge is 0.495 e. The molecular weight excluding hydrogens is 212 g/mol. The highest BCUT2D eigenvalue weighted by atomic mass is 16.5. The average Bonchev–Trinajstić information content (AvgIpc) is 2.90. The van der Waals surface area contributed by atoms with Gasteiger partial charge in [0.25, 0.3) is 0 Å². The van der Waals surface area contributed by atoms with Gasteiger partial charge in [-0.15, -0.1) is 0 Å². The summed E-state index contributed by atoms with van der Waals surface area (Å²) in [4.78, 5) is 0. The molecule has 0 N–H and O–H groups in total. The second-order valence-electron chi connectivity index (χ2n) is 4.56. The molecule has 0 aromatic heterocycles. The van der Waals surface area contributed by atoms with Gasteiger partial charge >= 0.3 is 0 Å². The Labute approximate surface area is 103 Å². The summed E-state index contributed by atoms with van der Waals surface area (Å²) in [7, 11) is 0. The first-order chi connectivity index (χ1) is 8.27. The topological polar surface area (TPSA) is 18.5 Å². The zero-order valence-corrected chi connectivity index (χ0v) is 10.6. The van der Waals surface area contributed by atoms with Crippen molar-refractivity contribution in [1.82, 2.24) is 0 Å². The van der Waals surface area contributed by atoms with Crippen LogP contribution in [-0.4, -0.2) is 18.8 Å². The molecule has 1 fully saturated rings. The number of ether oxygens (including phenoxy) is 2. The van der Waals surface area contributed by atoms with Gasteiger partial charge in [0.05, 0.1) is 12.4 Å². The van der Waals surface area contributed by atoms with Gasteiger partial charge in [-0.05, 0) is 37.8 Å². The van der Waals surface area contributed by atoms with Crippen LogP contribution in [0, 0.1) is 0 Å². The Hall–Kier alpha value is -1.28. The first-order valence-corrected chi connectivity index (χ1v) is 6.26. The van der Waals surface area contributed by atoms with Gasteiger partial charge in [0.15, 0.2) is 0 Å². The molecule has 1 heterocycles. The van der Waals surface area contributed by atoms with Gasteiger partial charge in [-0.3, -0.25) is 0 Å². The second-order valence-corrected chi connectivity index (χ2v) is 4.56. The maximum atomic E-state index is 5.76. The Morgan fingerprint density at radius 1 is 1.41 bits per heavy atom. The molecule has 2 atom stereocenters. The molecule has 0 spiro atoms. The standard InChI is InChI=1S/C15H20O2/c1-12(14-7-4-3-5-8-14)11-17-13(2)15-9-6-10-16-15/h3-5,7-8,11,13,15H,6,9-10H2,1-2H3/b12-11-. The summed E-state index contributed by atoms with van der Waals surface area (Å²) in [5, 5.41) is 0. The van der Waals surface area contributed by atoms with Gasteiger partial charge in [-0.2, -0.15) is 0 Å². The maximum absolute atomic E-state index is 5.76. The summed E-state index contributed by atoms with van der Waals surface area (Å²) >= 11 is 0. The quantitative estimate of drug-likeness (QED) is 0.738. The van der Waals surface area contributed by atoms with E-state index in [1.54, 1.807) is 0 Å². The second kappa shape index (κ2) is 5.87. The smallest absolute Gasteiger partial charge is 0.121 e. The van der Waals surface area contributed by atoms with Crippen molar-refractivity contribution in [2.24, 2.45) is 0 Å². The fourth-order valence-corrected chi connectivity index (χ4v) is 2.04. The van der Waals surface area contributed by atoms with E-state index in [-0.39, 0.29) is 12.2 Å². The third-order valence-corrected chi connectivity index (χ3v) is 3.18. The molecule has 0 radical (unpaired) electrons. The van der Waals surface area contributed by atoms with E-state index in [0.29, 0.717) is 0 Å². The third-order valence-electron chi connectivity index (χ3n) is 3.18. The summed E-state index contributed by atoms with van der Waals surface area (Å²) in [5.41, 5.74) is 2.35. The van der Waals surface area contributed by atoms with Crippen LogP contribution in [0.2, 0.25) is 0 Å². The molecule has 2 heteroatoms. The Balaban J connectivity index is 1.91. The first-order valence-electron chi connectivity index (χ1n) is 6.26. The molecular formula is C15H20O2. The van der Waals surface area contributed by atoms with Crippen molar-refractivity contribution in [2.75, 3.05) is 6.61 Å². The van der Waals surface area contributed by atoms with E-state index in [1.165, 1.54) is 5.56 Å². The van der Waals surface area contributed by atoms with Crippen molar-refractivity contribution in [1.29, 1.82) is 0 Å². The molecule has 2 nitrogen and oxygen atoms in total. The van der Waals surface area contributed by atoms with Crippen molar-refractivity contribution >= 4 is 5.57 Å². The summed E-state index contributed by atoms with van der Waals surface area (Å²) in [5.74, 6) is 0. The van der Waals surface area contributed by atoms with Gasteiger partial charge < -0.3 is 9.47 Å². The number of allylic oxidation sites excluding steroid dienone is 1. The Morgan fingerprint density at radius 3 is 2.82 bits per heavy atom. The first kappa shape index (κ1) is 12.2. The molecule has 1 aliphatic rings. The molecule has 92 valence electrons. The van der Waals surface area contributed by atoms with Crippen LogP contribution in [-0.2, 0) is 9.47 Å². The lowest BCUT2D eigenvalue weighted by Crippen LogP contribution is -2.23. The lowest BCUT2D eigenvalue weighted by atomic mass is 10.1. The van der Waals surface area contributed by atoms with Crippen molar-refractivity contribution in [3.05, 3.63) is 42.2 Å². The van der Waals surface area contributed by atoms with Gasteiger partial charge in [0.2, 0.25) is 0 Å². The van der Waals surface area contributed by atoms with Crippen molar-refractivity contribution < 1.29 is 9.47 Å². The van der Waals surface area contributed by atoms with Crippen molar-refractivity contribution in [3.8, 4) is 0 Å². The molecule has 17 heavy (non-hydrogen) atoms. The van der Waals surface area contributed by atoms with Crippen LogP contribution in [0.15, 0.2) is 36.6 Å². The summed E-state index contributed by atoms with van der Waals surface area (Å²) in [6.07, 6.45) is 4.51. The Morgan fingerprint density at radius 2 is 2.18 bits per heavy atom. The van der Waals surface area contributed by atoms with Crippen molar-refractivity contribution in [2.45, 2.75) is 38.9 Å². The average molecular weight is 232 g/mol. The van der Waals surface area contributed by atoms with Gasteiger partial charge in [-0.25, -0.2) is 0 Å². The number of benzene rings is 1. The molecule has 1 aromatic carbocycles.